The Morgan fingerprint density at radius 3 is 2.89 bits per heavy atom. The zero-order chi connectivity index (χ0) is 19.7. The second-order valence-electron chi connectivity index (χ2n) is 6.72. The number of amides is 2. The van der Waals surface area contributed by atoms with Crippen molar-refractivity contribution < 1.29 is 28.6 Å². The van der Waals surface area contributed by atoms with Crippen LogP contribution in [-0.2, 0) is 0 Å². The van der Waals surface area contributed by atoms with Crippen LogP contribution in [0.25, 0.3) is 0 Å². The van der Waals surface area contributed by atoms with E-state index in [1.165, 1.54) is 15.9 Å². The standard InChI is InChI=1S/C17H21BrFN3O5/c1-20(2)5-6-26-12-7-11(18)14(19)15-13(12)16(23)22-4-3-21(17(24)25)8-10(22)9-27-15/h7,10H,3-6,8-9H2,1-2H3,(H,24,25)/t10-/m1/s1. The number of carbonyl (C=O) groups excluding carboxylic acids is 1. The Hall–Kier alpha value is -2.07. The van der Waals surface area contributed by atoms with Gasteiger partial charge in [0.05, 0.1) is 10.5 Å². The van der Waals surface area contributed by atoms with E-state index in [1.807, 2.05) is 19.0 Å². The summed E-state index contributed by atoms with van der Waals surface area (Å²) in [5.41, 5.74) is 0.0423. The smallest absolute Gasteiger partial charge is 0.407 e. The molecule has 0 bridgehead atoms. The molecule has 0 aromatic heterocycles. The van der Waals surface area contributed by atoms with E-state index in [0.717, 1.165) is 0 Å². The Morgan fingerprint density at radius 1 is 1.48 bits per heavy atom. The predicted molar refractivity (Wildman–Crippen MR) is 98.1 cm³/mol. The van der Waals surface area contributed by atoms with Crippen molar-refractivity contribution in [2.75, 3.05) is 53.5 Å². The molecule has 148 valence electrons. The number of carbonyl (C=O) groups is 2. The average molecular weight is 446 g/mol. The largest absolute Gasteiger partial charge is 0.491 e. The summed E-state index contributed by atoms with van der Waals surface area (Å²) in [6.45, 7) is 1.48. The van der Waals surface area contributed by atoms with Gasteiger partial charge in [0.1, 0.15) is 24.5 Å². The third-order valence-corrected chi connectivity index (χ3v) is 5.16. The lowest BCUT2D eigenvalue weighted by Gasteiger charge is -2.38. The number of ether oxygens (including phenoxy) is 2. The fourth-order valence-corrected chi connectivity index (χ4v) is 3.52. The Kier molecular flexibility index (Phi) is 5.75. The van der Waals surface area contributed by atoms with Gasteiger partial charge in [-0.1, -0.05) is 0 Å². The van der Waals surface area contributed by atoms with Crippen LogP contribution in [0.4, 0.5) is 9.18 Å². The third kappa shape index (κ3) is 3.96. The van der Waals surface area contributed by atoms with Gasteiger partial charge < -0.3 is 29.3 Å². The number of rotatable bonds is 4. The van der Waals surface area contributed by atoms with Crippen molar-refractivity contribution in [1.82, 2.24) is 14.7 Å². The summed E-state index contributed by atoms with van der Waals surface area (Å²) in [6.07, 6.45) is -1.05. The van der Waals surface area contributed by atoms with Crippen LogP contribution in [-0.4, -0.2) is 91.3 Å². The minimum Gasteiger partial charge on any atom is -0.491 e. The highest BCUT2D eigenvalue weighted by atomic mass is 79.9. The Morgan fingerprint density at radius 2 is 2.22 bits per heavy atom. The summed E-state index contributed by atoms with van der Waals surface area (Å²) in [4.78, 5) is 29.1. The quantitative estimate of drug-likeness (QED) is 0.759. The van der Waals surface area contributed by atoms with Gasteiger partial charge in [-0.15, -0.1) is 0 Å². The molecular formula is C17H21BrFN3O5. The lowest BCUT2D eigenvalue weighted by molar-refractivity contribution is 0.0387. The van der Waals surface area contributed by atoms with Gasteiger partial charge in [-0.25, -0.2) is 9.18 Å². The van der Waals surface area contributed by atoms with Crippen molar-refractivity contribution in [2.45, 2.75) is 6.04 Å². The van der Waals surface area contributed by atoms with Gasteiger partial charge in [0.25, 0.3) is 5.91 Å². The molecule has 1 atom stereocenters. The molecule has 2 aliphatic rings. The molecule has 1 aromatic carbocycles. The van der Waals surface area contributed by atoms with Gasteiger partial charge >= 0.3 is 6.09 Å². The van der Waals surface area contributed by atoms with Crippen LogP contribution in [0.3, 0.4) is 0 Å². The molecule has 0 spiro atoms. The first-order valence-corrected chi connectivity index (χ1v) is 9.30. The summed E-state index contributed by atoms with van der Waals surface area (Å²) < 4.78 is 26.1. The van der Waals surface area contributed by atoms with Crippen LogP contribution >= 0.6 is 15.9 Å². The highest BCUT2D eigenvalue weighted by Gasteiger charge is 2.39. The molecule has 2 aliphatic heterocycles. The van der Waals surface area contributed by atoms with Crippen LogP contribution in [0.15, 0.2) is 10.5 Å². The first-order chi connectivity index (χ1) is 12.8. The molecule has 2 heterocycles. The molecule has 0 unspecified atom stereocenters. The van der Waals surface area contributed by atoms with Gasteiger partial charge in [-0.2, -0.15) is 0 Å². The maximum atomic E-state index is 14.6. The van der Waals surface area contributed by atoms with Crippen LogP contribution in [0.5, 0.6) is 11.5 Å². The molecule has 10 heteroatoms. The zero-order valence-electron chi connectivity index (χ0n) is 15.1. The Balaban J connectivity index is 1.93. The van der Waals surface area contributed by atoms with Gasteiger partial charge in [-0.3, -0.25) is 4.79 Å². The summed E-state index contributed by atoms with van der Waals surface area (Å²) in [5.74, 6) is -1.01. The summed E-state index contributed by atoms with van der Waals surface area (Å²) >= 11 is 3.14. The summed E-state index contributed by atoms with van der Waals surface area (Å²) in [6, 6.07) is 0.946. The SMILES string of the molecule is CN(C)CCOc1cc(Br)c(F)c2c1C(=O)N1CCN(C(=O)O)C[C@@H]1CO2. The van der Waals surface area contributed by atoms with Crippen LogP contribution in [0, 0.1) is 5.82 Å². The molecule has 0 saturated carbocycles. The first-order valence-electron chi connectivity index (χ1n) is 8.50. The van der Waals surface area contributed by atoms with Gasteiger partial charge in [0, 0.05) is 26.2 Å². The molecule has 0 radical (unpaired) electrons. The normalized spacial score (nSPS) is 19.3. The molecule has 8 nitrogen and oxygen atoms in total. The fraction of sp³-hybridized carbons (Fsp3) is 0.529. The Bertz CT molecular complexity index is 761. The minimum atomic E-state index is -1.05. The average Bonchev–Trinajstić information content (AvgIpc) is 2.76. The van der Waals surface area contributed by atoms with Crippen LogP contribution < -0.4 is 9.47 Å². The molecule has 2 amide bonds. The van der Waals surface area contributed by atoms with E-state index in [9.17, 15) is 19.1 Å². The van der Waals surface area contributed by atoms with Gasteiger partial charge in [-0.05, 0) is 36.1 Å². The number of piperazine rings is 1. The van der Waals surface area contributed by atoms with Crippen molar-refractivity contribution in [3.05, 3.63) is 21.9 Å². The number of benzene rings is 1. The number of nitrogens with zero attached hydrogens (tertiary/aromatic N) is 3. The maximum Gasteiger partial charge on any atom is 0.407 e. The van der Waals surface area contributed by atoms with Gasteiger partial charge in [0.15, 0.2) is 11.6 Å². The van der Waals surface area contributed by atoms with Crippen molar-refractivity contribution >= 4 is 27.9 Å². The first kappa shape index (κ1) is 19.7. The van der Waals surface area contributed by atoms with Crippen LogP contribution in [0.1, 0.15) is 10.4 Å². The number of hydrogen-bond acceptors (Lipinski definition) is 5. The van der Waals surface area contributed by atoms with E-state index >= 15 is 0 Å². The number of hydrogen-bond donors (Lipinski definition) is 1. The third-order valence-electron chi connectivity index (χ3n) is 4.58. The van der Waals surface area contributed by atoms with E-state index < -0.39 is 23.9 Å². The maximum absolute atomic E-state index is 14.6. The molecule has 1 fully saturated rings. The van der Waals surface area contributed by atoms with Crippen molar-refractivity contribution in [2.24, 2.45) is 0 Å². The van der Waals surface area contributed by atoms with Crippen molar-refractivity contribution in [1.29, 1.82) is 0 Å². The van der Waals surface area contributed by atoms with E-state index in [2.05, 4.69) is 15.9 Å². The minimum absolute atomic E-state index is 0.00698. The lowest BCUT2D eigenvalue weighted by Crippen LogP contribution is -2.57. The molecule has 0 aliphatic carbocycles. The second-order valence-corrected chi connectivity index (χ2v) is 7.57. The fourth-order valence-electron chi connectivity index (χ4n) is 3.13. The molecule has 1 saturated heterocycles. The summed E-state index contributed by atoms with van der Waals surface area (Å²) in [5, 5.41) is 9.20. The molecule has 1 aromatic rings. The number of fused-ring (bicyclic) bond motifs is 2. The van der Waals surface area contributed by atoms with Gasteiger partial charge in [0.2, 0.25) is 0 Å². The molecule has 3 rings (SSSR count). The Labute approximate surface area is 164 Å². The second kappa shape index (κ2) is 7.89. The number of likely N-dealkylation sites (N-methyl/N-ethyl adjacent to an activating group) is 1. The van der Waals surface area contributed by atoms with Crippen molar-refractivity contribution in [3.8, 4) is 11.5 Å². The van der Waals surface area contributed by atoms with Crippen LogP contribution in [0.2, 0.25) is 0 Å². The number of carboxylic acid groups (broad SMARTS) is 1. The zero-order valence-corrected chi connectivity index (χ0v) is 16.7. The monoisotopic (exact) mass is 445 g/mol. The molecule has 27 heavy (non-hydrogen) atoms. The van der Waals surface area contributed by atoms with E-state index in [4.69, 9.17) is 9.47 Å². The molecule has 1 N–H and O–H groups in total. The highest BCUT2D eigenvalue weighted by Crippen LogP contribution is 2.39. The van der Waals surface area contributed by atoms with E-state index in [1.54, 1.807) is 0 Å². The number of halogens is 2. The van der Waals surface area contributed by atoms with E-state index in [0.29, 0.717) is 13.2 Å². The topological polar surface area (TPSA) is 82.6 Å². The summed E-state index contributed by atoms with van der Waals surface area (Å²) in [7, 11) is 3.79. The van der Waals surface area contributed by atoms with Crippen molar-refractivity contribution in [3.63, 3.8) is 0 Å². The highest BCUT2D eigenvalue weighted by molar-refractivity contribution is 9.10. The lowest BCUT2D eigenvalue weighted by atomic mass is 10.1. The van der Waals surface area contributed by atoms with E-state index in [-0.39, 0.29) is 47.8 Å². The molecular weight excluding hydrogens is 425 g/mol. The predicted octanol–water partition coefficient (Wildman–Crippen LogP) is 1.73.